The zero-order valence-corrected chi connectivity index (χ0v) is 24.1. The zero-order valence-electron chi connectivity index (χ0n) is 21.8. The van der Waals surface area contributed by atoms with Gasteiger partial charge in [0.05, 0.1) is 41.5 Å². The topological polar surface area (TPSA) is 92.3 Å². The maximum atomic E-state index is 13.8. The Balaban J connectivity index is 1.62. The Bertz CT molecular complexity index is 1800. The van der Waals surface area contributed by atoms with Crippen LogP contribution in [0.5, 0.6) is 11.5 Å². The molecule has 0 unspecified atom stereocenters. The Morgan fingerprint density at radius 2 is 1.85 bits per heavy atom. The Morgan fingerprint density at radius 3 is 2.60 bits per heavy atom. The van der Waals surface area contributed by atoms with Crippen LogP contribution in [-0.4, -0.2) is 30.9 Å². The number of hydrogen-bond donors (Lipinski definition) is 0. The van der Waals surface area contributed by atoms with Crippen molar-refractivity contribution in [2.45, 2.75) is 19.9 Å². The van der Waals surface area contributed by atoms with Crippen molar-refractivity contribution in [2.75, 3.05) is 20.3 Å². The number of nitrogens with zero attached hydrogens (tertiary/aromatic N) is 2. The summed E-state index contributed by atoms with van der Waals surface area (Å²) in [6.07, 6.45) is 3.07. The lowest BCUT2D eigenvalue weighted by Crippen LogP contribution is -2.39. The highest BCUT2D eigenvalue weighted by atomic mass is 35.5. The van der Waals surface area contributed by atoms with Crippen LogP contribution in [0, 0.1) is 0 Å². The van der Waals surface area contributed by atoms with Gasteiger partial charge in [0, 0.05) is 22.9 Å². The normalized spacial score (nSPS) is 14.8. The first-order valence-electron chi connectivity index (χ1n) is 12.4. The Hall–Kier alpha value is -3.79. The lowest BCUT2D eigenvalue weighted by molar-refractivity contribution is -0.136. The Kier molecular flexibility index (Phi) is 8.16. The summed E-state index contributed by atoms with van der Waals surface area (Å²) >= 11 is 13.6. The van der Waals surface area contributed by atoms with E-state index in [0.717, 1.165) is 0 Å². The highest BCUT2D eigenvalue weighted by Crippen LogP contribution is 2.35. The van der Waals surface area contributed by atoms with Crippen LogP contribution in [0.4, 0.5) is 0 Å². The van der Waals surface area contributed by atoms with Crippen molar-refractivity contribution in [1.82, 2.24) is 4.57 Å². The highest BCUT2D eigenvalue weighted by molar-refractivity contribution is 7.07. The standard InChI is InChI=1S/C29H24Cl2N2O6S/c1-4-37-23-10-6-16(12-24(23)38-5-2)26-20(28(35)36-3)15-32-29-33(26)27(34)25(40-29)14-18-8-11-22(39-18)19-13-17(30)7-9-21(19)31/h6-15,26H,4-5H2,1-3H3/b25-14-/t26-/m1/s1. The number of furan rings is 1. The molecule has 8 nitrogen and oxygen atoms in total. The molecule has 206 valence electrons. The van der Waals surface area contributed by atoms with E-state index >= 15 is 0 Å². The molecule has 11 heteroatoms. The molecule has 0 fully saturated rings. The van der Waals surface area contributed by atoms with Gasteiger partial charge in [0.25, 0.3) is 5.56 Å². The van der Waals surface area contributed by atoms with E-state index in [1.165, 1.54) is 29.2 Å². The smallest absolute Gasteiger partial charge is 0.337 e. The third kappa shape index (κ3) is 5.32. The summed E-state index contributed by atoms with van der Waals surface area (Å²) in [7, 11) is 1.29. The van der Waals surface area contributed by atoms with Crippen LogP contribution in [0.1, 0.15) is 31.2 Å². The number of fused-ring (bicyclic) bond motifs is 1. The van der Waals surface area contributed by atoms with Gasteiger partial charge in [0.2, 0.25) is 0 Å². The third-order valence-electron chi connectivity index (χ3n) is 6.10. The van der Waals surface area contributed by atoms with E-state index in [2.05, 4.69) is 4.99 Å². The minimum atomic E-state index is -0.793. The predicted octanol–water partition coefficient (Wildman–Crippen LogP) is 5.38. The molecule has 0 bridgehead atoms. The van der Waals surface area contributed by atoms with Crippen LogP contribution in [0.2, 0.25) is 10.0 Å². The second-order valence-corrected chi connectivity index (χ2v) is 10.4. The van der Waals surface area contributed by atoms with Crippen LogP contribution in [0.15, 0.2) is 74.5 Å². The largest absolute Gasteiger partial charge is 0.490 e. The van der Waals surface area contributed by atoms with Crippen molar-refractivity contribution < 1.29 is 23.4 Å². The van der Waals surface area contributed by atoms with E-state index in [-0.39, 0.29) is 11.1 Å². The number of carbonyl (C=O) groups excluding carboxylic acids is 1. The van der Waals surface area contributed by atoms with Gasteiger partial charge < -0.3 is 18.6 Å². The molecule has 4 aromatic rings. The van der Waals surface area contributed by atoms with Gasteiger partial charge in [-0.25, -0.2) is 9.79 Å². The minimum Gasteiger partial charge on any atom is -0.490 e. The fourth-order valence-electron chi connectivity index (χ4n) is 4.38. The summed E-state index contributed by atoms with van der Waals surface area (Å²) in [6, 6.07) is 13.1. The van der Waals surface area contributed by atoms with E-state index in [4.69, 9.17) is 41.8 Å². The Morgan fingerprint density at radius 1 is 1.07 bits per heavy atom. The first-order chi connectivity index (χ1) is 19.3. The SMILES string of the molecule is CCOc1ccc([C@@H]2C(C(=O)OC)=CN=c3s/c(=C\c4ccc(-c5cc(Cl)ccc5Cl)o4)c(=O)n32)cc1OCC. The van der Waals surface area contributed by atoms with Gasteiger partial charge in [-0.2, -0.15) is 0 Å². The van der Waals surface area contributed by atoms with Crippen molar-refractivity contribution in [3.8, 4) is 22.8 Å². The van der Waals surface area contributed by atoms with Gasteiger partial charge in [-0.05, 0) is 61.9 Å². The minimum absolute atomic E-state index is 0.212. The summed E-state index contributed by atoms with van der Waals surface area (Å²) in [6.45, 7) is 4.62. The summed E-state index contributed by atoms with van der Waals surface area (Å²) in [5.74, 6) is 1.43. The molecule has 0 radical (unpaired) electrons. The predicted molar refractivity (Wildman–Crippen MR) is 154 cm³/mol. The molecule has 0 saturated heterocycles. The number of esters is 1. The quantitative estimate of drug-likeness (QED) is 0.253. The van der Waals surface area contributed by atoms with Crippen LogP contribution >= 0.6 is 34.5 Å². The molecule has 2 aromatic heterocycles. The monoisotopic (exact) mass is 598 g/mol. The van der Waals surface area contributed by atoms with Gasteiger partial charge in [-0.3, -0.25) is 9.36 Å². The second-order valence-electron chi connectivity index (χ2n) is 8.57. The lowest BCUT2D eigenvalue weighted by atomic mass is 9.97. The molecule has 1 aliphatic heterocycles. The number of halogens is 2. The first kappa shape index (κ1) is 27.8. The Labute approximate surface area is 243 Å². The van der Waals surface area contributed by atoms with Crippen molar-refractivity contribution in [1.29, 1.82) is 0 Å². The number of aromatic nitrogens is 1. The molecular weight excluding hydrogens is 575 g/mol. The summed E-state index contributed by atoms with van der Waals surface area (Å²) in [5.41, 5.74) is 1.15. The van der Waals surface area contributed by atoms with Crippen LogP contribution < -0.4 is 24.4 Å². The van der Waals surface area contributed by atoms with E-state index in [1.807, 2.05) is 13.8 Å². The summed E-state index contributed by atoms with van der Waals surface area (Å²) < 4.78 is 24.3. The van der Waals surface area contributed by atoms with Crippen molar-refractivity contribution >= 4 is 46.6 Å². The van der Waals surface area contributed by atoms with Gasteiger partial charge in [0.15, 0.2) is 16.3 Å². The average molecular weight is 599 g/mol. The molecule has 3 heterocycles. The molecular formula is C29H24Cl2N2O6S. The van der Waals surface area contributed by atoms with Crippen LogP contribution in [0.25, 0.3) is 17.4 Å². The maximum absolute atomic E-state index is 13.8. The molecule has 1 atom stereocenters. The molecule has 0 amide bonds. The molecule has 0 aliphatic carbocycles. The molecule has 2 aromatic carbocycles. The van der Waals surface area contributed by atoms with Gasteiger partial charge >= 0.3 is 5.97 Å². The molecule has 1 aliphatic rings. The van der Waals surface area contributed by atoms with E-state index in [1.54, 1.807) is 54.6 Å². The number of carbonyl (C=O) groups is 1. The number of rotatable bonds is 8. The summed E-state index contributed by atoms with van der Waals surface area (Å²) in [4.78, 5) is 31.4. The molecule has 40 heavy (non-hydrogen) atoms. The molecule has 0 spiro atoms. The number of ether oxygens (including phenoxy) is 3. The number of benzene rings is 2. The first-order valence-corrected chi connectivity index (χ1v) is 14.0. The molecule has 0 N–H and O–H groups in total. The van der Waals surface area contributed by atoms with Crippen LogP contribution in [0.3, 0.4) is 0 Å². The highest BCUT2D eigenvalue weighted by Gasteiger charge is 2.31. The molecule has 0 saturated carbocycles. The van der Waals surface area contributed by atoms with Crippen molar-refractivity contribution in [2.24, 2.45) is 4.99 Å². The molecule has 5 rings (SSSR count). The van der Waals surface area contributed by atoms with E-state index < -0.39 is 12.0 Å². The van der Waals surface area contributed by atoms with Gasteiger partial charge in [-0.1, -0.05) is 40.6 Å². The van der Waals surface area contributed by atoms with Crippen molar-refractivity contribution in [3.05, 3.63) is 101 Å². The fraction of sp³-hybridized carbons (Fsp3) is 0.207. The van der Waals surface area contributed by atoms with Crippen LogP contribution in [-0.2, 0) is 9.53 Å². The van der Waals surface area contributed by atoms with E-state index in [9.17, 15) is 9.59 Å². The third-order valence-corrected chi connectivity index (χ3v) is 7.66. The van der Waals surface area contributed by atoms with Crippen molar-refractivity contribution in [3.63, 3.8) is 0 Å². The fourth-order valence-corrected chi connectivity index (χ4v) is 5.71. The second kappa shape index (κ2) is 11.8. The lowest BCUT2D eigenvalue weighted by Gasteiger charge is -2.23. The zero-order chi connectivity index (χ0) is 28.4. The maximum Gasteiger partial charge on any atom is 0.337 e. The number of thiazole rings is 1. The average Bonchev–Trinajstić information content (AvgIpc) is 3.54. The number of hydrogen-bond acceptors (Lipinski definition) is 8. The van der Waals surface area contributed by atoms with E-state index in [0.29, 0.717) is 66.7 Å². The van der Waals surface area contributed by atoms with Gasteiger partial charge in [-0.15, -0.1) is 0 Å². The number of methoxy groups -OCH3 is 1. The summed E-state index contributed by atoms with van der Waals surface area (Å²) in [5, 5.41) is 1.01. The van der Waals surface area contributed by atoms with Gasteiger partial charge in [0.1, 0.15) is 11.5 Å².